The van der Waals surface area contributed by atoms with Crippen molar-refractivity contribution < 1.29 is 5.11 Å². The lowest BCUT2D eigenvalue weighted by atomic mass is 10.1. The Kier molecular flexibility index (Phi) is 4.65. The van der Waals surface area contributed by atoms with E-state index in [9.17, 15) is 5.11 Å². The van der Waals surface area contributed by atoms with Crippen LogP contribution >= 0.6 is 11.3 Å². The van der Waals surface area contributed by atoms with Gasteiger partial charge in [-0.25, -0.2) is 9.97 Å². The number of nitrogens with zero attached hydrogens (tertiary/aromatic N) is 2. The van der Waals surface area contributed by atoms with Gasteiger partial charge in [0, 0.05) is 29.0 Å². The third-order valence-corrected chi connectivity index (χ3v) is 4.38. The number of thiophene rings is 1. The Hall–Kier alpha value is -1.98. The zero-order valence-electron chi connectivity index (χ0n) is 12.5. The van der Waals surface area contributed by atoms with Crippen LogP contribution in [0.1, 0.15) is 19.8 Å². The molecule has 2 aromatic heterocycles. The van der Waals surface area contributed by atoms with E-state index in [2.05, 4.69) is 22.6 Å². The van der Waals surface area contributed by atoms with E-state index in [1.165, 1.54) is 0 Å². The Morgan fingerprint density at radius 1 is 1.23 bits per heavy atom. The molecule has 2 N–H and O–H groups in total. The van der Waals surface area contributed by atoms with Crippen LogP contribution in [0.2, 0.25) is 0 Å². The molecule has 2 heterocycles. The third kappa shape index (κ3) is 3.10. The van der Waals surface area contributed by atoms with Gasteiger partial charge in [-0.15, -0.1) is 0 Å². The number of nitrogens with one attached hydrogen (secondary N) is 1. The minimum atomic E-state index is 0.173. The molecule has 0 aliphatic heterocycles. The van der Waals surface area contributed by atoms with Crippen molar-refractivity contribution in [3.05, 3.63) is 41.1 Å². The van der Waals surface area contributed by atoms with Gasteiger partial charge in [-0.3, -0.25) is 0 Å². The Labute approximate surface area is 133 Å². The molecule has 3 aromatic rings. The number of aliphatic hydroxyl groups is 1. The first-order chi connectivity index (χ1) is 10.8. The van der Waals surface area contributed by atoms with Crippen LogP contribution in [0.3, 0.4) is 0 Å². The molecule has 0 amide bonds. The second-order valence-electron chi connectivity index (χ2n) is 5.19. The highest BCUT2D eigenvalue weighted by molar-refractivity contribution is 7.08. The van der Waals surface area contributed by atoms with E-state index in [0.29, 0.717) is 6.42 Å². The topological polar surface area (TPSA) is 58.0 Å². The molecule has 0 fully saturated rings. The highest BCUT2D eigenvalue weighted by Crippen LogP contribution is 2.26. The standard InChI is InChI=1S/C17H19N3OS/c1-2-13(7-9-21)18-17-14-5-3-4-6-15(14)19-16(20-17)12-8-10-22-11-12/h3-6,8,10-11,13,21H,2,7,9H2,1H3,(H,18,19,20). The number of hydrogen-bond acceptors (Lipinski definition) is 5. The minimum Gasteiger partial charge on any atom is -0.396 e. The number of aliphatic hydroxyl groups excluding tert-OH is 1. The summed E-state index contributed by atoms with van der Waals surface area (Å²) in [5, 5.41) is 17.8. The van der Waals surface area contributed by atoms with Crippen molar-refractivity contribution in [1.29, 1.82) is 0 Å². The number of para-hydroxylation sites is 1. The summed E-state index contributed by atoms with van der Waals surface area (Å²) >= 11 is 1.64. The van der Waals surface area contributed by atoms with E-state index in [0.717, 1.165) is 34.5 Å². The van der Waals surface area contributed by atoms with Crippen LogP contribution in [0.25, 0.3) is 22.3 Å². The lowest BCUT2D eigenvalue weighted by Crippen LogP contribution is -2.21. The Morgan fingerprint density at radius 2 is 2.09 bits per heavy atom. The van der Waals surface area contributed by atoms with Crippen molar-refractivity contribution >= 4 is 28.1 Å². The molecule has 5 heteroatoms. The molecule has 1 aromatic carbocycles. The van der Waals surface area contributed by atoms with Gasteiger partial charge in [0.05, 0.1) is 5.52 Å². The number of anilines is 1. The highest BCUT2D eigenvalue weighted by Gasteiger charge is 2.12. The fourth-order valence-electron chi connectivity index (χ4n) is 2.43. The second kappa shape index (κ2) is 6.85. The number of aromatic nitrogens is 2. The quantitative estimate of drug-likeness (QED) is 0.724. The molecule has 0 aliphatic carbocycles. The maximum Gasteiger partial charge on any atom is 0.162 e. The first-order valence-electron chi connectivity index (χ1n) is 7.48. The maximum absolute atomic E-state index is 9.19. The molecular formula is C17H19N3OS. The lowest BCUT2D eigenvalue weighted by Gasteiger charge is -2.18. The average Bonchev–Trinajstić information content (AvgIpc) is 3.08. The Balaban J connectivity index is 2.06. The van der Waals surface area contributed by atoms with E-state index in [4.69, 9.17) is 4.98 Å². The summed E-state index contributed by atoms with van der Waals surface area (Å²) in [5.74, 6) is 1.58. The average molecular weight is 313 g/mol. The second-order valence-corrected chi connectivity index (χ2v) is 5.97. The van der Waals surface area contributed by atoms with E-state index in [1.807, 2.05) is 35.7 Å². The molecule has 3 rings (SSSR count). The summed E-state index contributed by atoms with van der Waals surface area (Å²) in [7, 11) is 0. The zero-order valence-corrected chi connectivity index (χ0v) is 13.3. The summed E-state index contributed by atoms with van der Waals surface area (Å²) < 4.78 is 0. The van der Waals surface area contributed by atoms with E-state index < -0.39 is 0 Å². The van der Waals surface area contributed by atoms with Crippen molar-refractivity contribution in [2.24, 2.45) is 0 Å². The molecule has 4 nitrogen and oxygen atoms in total. The van der Waals surface area contributed by atoms with Crippen molar-refractivity contribution in [3.8, 4) is 11.4 Å². The summed E-state index contributed by atoms with van der Waals surface area (Å²) in [6, 6.07) is 10.3. The summed E-state index contributed by atoms with van der Waals surface area (Å²) in [6.07, 6.45) is 1.65. The van der Waals surface area contributed by atoms with Gasteiger partial charge in [0.1, 0.15) is 5.82 Å². The van der Waals surface area contributed by atoms with E-state index in [1.54, 1.807) is 11.3 Å². The fourth-order valence-corrected chi connectivity index (χ4v) is 3.07. The summed E-state index contributed by atoms with van der Waals surface area (Å²) in [6.45, 7) is 2.28. The van der Waals surface area contributed by atoms with Crippen LogP contribution in [-0.4, -0.2) is 27.7 Å². The van der Waals surface area contributed by atoms with Crippen LogP contribution in [0.15, 0.2) is 41.1 Å². The molecule has 0 spiro atoms. The highest BCUT2D eigenvalue weighted by atomic mass is 32.1. The Morgan fingerprint density at radius 3 is 2.82 bits per heavy atom. The molecule has 0 radical (unpaired) electrons. The molecule has 1 atom stereocenters. The van der Waals surface area contributed by atoms with Gasteiger partial charge < -0.3 is 10.4 Å². The number of hydrogen-bond donors (Lipinski definition) is 2. The van der Waals surface area contributed by atoms with Gasteiger partial charge in [-0.1, -0.05) is 19.1 Å². The van der Waals surface area contributed by atoms with E-state index in [-0.39, 0.29) is 12.6 Å². The lowest BCUT2D eigenvalue weighted by molar-refractivity contribution is 0.278. The molecule has 1 unspecified atom stereocenters. The maximum atomic E-state index is 9.19. The molecular weight excluding hydrogens is 294 g/mol. The monoisotopic (exact) mass is 313 g/mol. The van der Waals surface area contributed by atoms with Gasteiger partial charge >= 0.3 is 0 Å². The number of benzene rings is 1. The zero-order chi connectivity index (χ0) is 15.4. The molecule has 22 heavy (non-hydrogen) atoms. The first-order valence-corrected chi connectivity index (χ1v) is 8.43. The van der Waals surface area contributed by atoms with Crippen LogP contribution in [0.4, 0.5) is 5.82 Å². The molecule has 0 saturated carbocycles. The van der Waals surface area contributed by atoms with Gasteiger partial charge in [0.25, 0.3) is 0 Å². The first kappa shape index (κ1) is 14.9. The van der Waals surface area contributed by atoms with Crippen LogP contribution < -0.4 is 5.32 Å². The summed E-state index contributed by atoms with van der Waals surface area (Å²) in [4.78, 5) is 9.38. The van der Waals surface area contributed by atoms with Gasteiger partial charge in [0.2, 0.25) is 0 Å². The van der Waals surface area contributed by atoms with Gasteiger partial charge in [0.15, 0.2) is 5.82 Å². The normalized spacial score (nSPS) is 12.5. The van der Waals surface area contributed by atoms with Crippen molar-refractivity contribution in [3.63, 3.8) is 0 Å². The summed E-state index contributed by atoms with van der Waals surface area (Å²) in [5.41, 5.74) is 1.97. The predicted molar refractivity (Wildman–Crippen MR) is 92.3 cm³/mol. The molecule has 0 saturated heterocycles. The smallest absolute Gasteiger partial charge is 0.162 e. The van der Waals surface area contributed by atoms with Crippen molar-refractivity contribution in [1.82, 2.24) is 9.97 Å². The van der Waals surface area contributed by atoms with Crippen molar-refractivity contribution in [2.45, 2.75) is 25.8 Å². The van der Waals surface area contributed by atoms with Crippen LogP contribution in [0.5, 0.6) is 0 Å². The molecule has 114 valence electrons. The third-order valence-electron chi connectivity index (χ3n) is 3.69. The number of fused-ring (bicyclic) bond motifs is 1. The van der Waals surface area contributed by atoms with E-state index >= 15 is 0 Å². The predicted octanol–water partition coefficient (Wildman–Crippen LogP) is 3.93. The van der Waals surface area contributed by atoms with Gasteiger partial charge in [-0.2, -0.15) is 11.3 Å². The largest absolute Gasteiger partial charge is 0.396 e. The van der Waals surface area contributed by atoms with Crippen LogP contribution in [-0.2, 0) is 0 Å². The van der Waals surface area contributed by atoms with Crippen molar-refractivity contribution in [2.75, 3.05) is 11.9 Å². The molecule has 0 bridgehead atoms. The fraction of sp³-hybridized carbons (Fsp3) is 0.294. The number of rotatable bonds is 6. The van der Waals surface area contributed by atoms with Gasteiger partial charge in [-0.05, 0) is 36.4 Å². The minimum absolute atomic E-state index is 0.173. The Bertz CT molecular complexity index is 743. The molecule has 0 aliphatic rings. The van der Waals surface area contributed by atoms with Crippen LogP contribution in [0, 0.1) is 0 Å². The SMILES string of the molecule is CCC(CCO)Nc1nc(-c2ccsc2)nc2ccccc12.